The van der Waals surface area contributed by atoms with Crippen molar-refractivity contribution in [3.63, 3.8) is 0 Å². The molecule has 0 fully saturated rings. The van der Waals surface area contributed by atoms with Crippen molar-refractivity contribution in [2.75, 3.05) is 19.0 Å². The minimum absolute atomic E-state index is 0.251. The van der Waals surface area contributed by atoms with Crippen molar-refractivity contribution in [3.05, 3.63) is 30.0 Å². The van der Waals surface area contributed by atoms with Crippen LogP contribution >= 0.6 is 0 Å². The van der Waals surface area contributed by atoms with Crippen LogP contribution in [0.2, 0.25) is 0 Å². The summed E-state index contributed by atoms with van der Waals surface area (Å²) in [6.45, 7) is 2.56. The first-order valence-corrected chi connectivity index (χ1v) is 5.60. The van der Waals surface area contributed by atoms with Gasteiger partial charge in [0.25, 0.3) is 0 Å². The summed E-state index contributed by atoms with van der Waals surface area (Å²) in [6, 6.07) is 9.35. The molecule has 0 bridgehead atoms. The second-order valence-corrected chi connectivity index (χ2v) is 3.52. The van der Waals surface area contributed by atoms with E-state index >= 15 is 0 Å². The van der Waals surface area contributed by atoms with E-state index in [0.717, 1.165) is 11.3 Å². The quantitative estimate of drug-likeness (QED) is 0.893. The van der Waals surface area contributed by atoms with Gasteiger partial charge in [0.15, 0.2) is 0 Å². The van der Waals surface area contributed by atoms with Crippen molar-refractivity contribution in [1.29, 1.82) is 5.26 Å². The standard InChI is InChI=1S/C13H13N3O2/c1-3-17-10-6-4-9(5-7-10)12-16-11(8-14)13(15-2)18-12/h4-7,15H,3H2,1-2H3. The van der Waals surface area contributed by atoms with Gasteiger partial charge in [0, 0.05) is 12.6 Å². The Morgan fingerprint density at radius 2 is 2.11 bits per heavy atom. The summed E-state index contributed by atoms with van der Waals surface area (Å²) in [5.41, 5.74) is 1.05. The second kappa shape index (κ2) is 5.23. The van der Waals surface area contributed by atoms with E-state index < -0.39 is 0 Å². The monoisotopic (exact) mass is 243 g/mol. The van der Waals surface area contributed by atoms with Gasteiger partial charge in [-0.3, -0.25) is 0 Å². The molecule has 2 aromatic rings. The van der Waals surface area contributed by atoms with Crippen molar-refractivity contribution in [2.45, 2.75) is 6.92 Å². The molecule has 5 nitrogen and oxygen atoms in total. The molecule has 5 heteroatoms. The molecule has 0 saturated heterocycles. The lowest BCUT2D eigenvalue weighted by atomic mass is 10.2. The SMILES string of the molecule is CCOc1ccc(-c2nc(C#N)c(NC)o2)cc1. The number of rotatable bonds is 4. The van der Waals surface area contributed by atoms with Crippen molar-refractivity contribution in [1.82, 2.24) is 4.98 Å². The van der Waals surface area contributed by atoms with E-state index in [2.05, 4.69) is 10.3 Å². The fourth-order valence-electron chi connectivity index (χ4n) is 1.55. The minimum Gasteiger partial charge on any atom is -0.494 e. The first-order chi connectivity index (χ1) is 8.78. The second-order valence-electron chi connectivity index (χ2n) is 3.52. The van der Waals surface area contributed by atoms with E-state index in [1.807, 2.05) is 37.3 Å². The van der Waals surface area contributed by atoms with Crippen molar-refractivity contribution < 1.29 is 9.15 Å². The maximum Gasteiger partial charge on any atom is 0.232 e. The average Bonchev–Trinajstić information content (AvgIpc) is 2.83. The van der Waals surface area contributed by atoms with Gasteiger partial charge >= 0.3 is 0 Å². The largest absolute Gasteiger partial charge is 0.494 e. The van der Waals surface area contributed by atoms with E-state index in [1.165, 1.54) is 0 Å². The fraction of sp³-hybridized carbons (Fsp3) is 0.231. The molecule has 1 aromatic carbocycles. The molecule has 0 aliphatic heterocycles. The van der Waals surface area contributed by atoms with Gasteiger partial charge < -0.3 is 14.5 Å². The topological polar surface area (TPSA) is 71.1 Å². The van der Waals surface area contributed by atoms with E-state index in [-0.39, 0.29) is 5.69 Å². The molecule has 0 aliphatic carbocycles. The van der Waals surface area contributed by atoms with Crippen LogP contribution in [0.25, 0.3) is 11.5 Å². The number of oxazole rings is 1. The summed E-state index contributed by atoms with van der Waals surface area (Å²) in [6.07, 6.45) is 0. The Bertz CT molecular complexity index is 567. The number of hydrogen-bond acceptors (Lipinski definition) is 5. The average molecular weight is 243 g/mol. The summed E-state index contributed by atoms with van der Waals surface area (Å²) in [5.74, 6) is 1.59. The maximum atomic E-state index is 8.89. The lowest BCUT2D eigenvalue weighted by molar-refractivity contribution is 0.340. The van der Waals surface area contributed by atoms with E-state index in [0.29, 0.717) is 18.4 Å². The van der Waals surface area contributed by atoms with Gasteiger partial charge in [0.2, 0.25) is 17.5 Å². The number of nitrogens with one attached hydrogen (secondary N) is 1. The van der Waals surface area contributed by atoms with Crippen LogP contribution in [-0.4, -0.2) is 18.6 Å². The molecular weight excluding hydrogens is 230 g/mol. The fourth-order valence-corrected chi connectivity index (χ4v) is 1.55. The smallest absolute Gasteiger partial charge is 0.232 e. The Kier molecular flexibility index (Phi) is 3.49. The molecule has 1 aromatic heterocycles. The molecule has 0 unspecified atom stereocenters. The highest BCUT2D eigenvalue weighted by atomic mass is 16.5. The summed E-state index contributed by atoms with van der Waals surface area (Å²) in [7, 11) is 1.68. The third-order valence-corrected chi connectivity index (χ3v) is 2.37. The number of benzene rings is 1. The number of nitrogens with zero attached hydrogens (tertiary/aromatic N) is 2. The number of aromatic nitrogens is 1. The third kappa shape index (κ3) is 2.28. The summed E-state index contributed by atoms with van der Waals surface area (Å²) < 4.78 is 10.8. The normalized spacial score (nSPS) is 9.83. The van der Waals surface area contributed by atoms with E-state index in [4.69, 9.17) is 14.4 Å². The van der Waals surface area contributed by atoms with Crippen LogP contribution in [0.4, 0.5) is 5.88 Å². The van der Waals surface area contributed by atoms with Gasteiger partial charge in [0.05, 0.1) is 6.61 Å². The van der Waals surface area contributed by atoms with Gasteiger partial charge in [-0.15, -0.1) is 0 Å². The minimum atomic E-state index is 0.251. The Morgan fingerprint density at radius 1 is 1.39 bits per heavy atom. The highest BCUT2D eigenvalue weighted by Gasteiger charge is 2.12. The number of hydrogen-bond donors (Lipinski definition) is 1. The Morgan fingerprint density at radius 3 is 2.61 bits per heavy atom. The van der Waals surface area contributed by atoms with Crippen molar-refractivity contribution >= 4 is 5.88 Å². The molecule has 18 heavy (non-hydrogen) atoms. The zero-order chi connectivity index (χ0) is 13.0. The Labute approximate surface area is 105 Å². The van der Waals surface area contributed by atoms with E-state index in [1.54, 1.807) is 7.05 Å². The van der Waals surface area contributed by atoms with Crippen LogP contribution in [0.3, 0.4) is 0 Å². The van der Waals surface area contributed by atoms with Gasteiger partial charge in [-0.05, 0) is 31.2 Å². The van der Waals surface area contributed by atoms with Crippen LogP contribution in [0.1, 0.15) is 12.6 Å². The van der Waals surface area contributed by atoms with Crippen molar-refractivity contribution in [3.8, 4) is 23.3 Å². The lowest BCUT2D eigenvalue weighted by Gasteiger charge is -2.02. The van der Waals surface area contributed by atoms with Gasteiger partial charge in [-0.2, -0.15) is 10.2 Å². The summed E-state index contributed by atoms with van der Waals surface area (Å²) >= 11 is 0. The Balaban J connectivity index is 2.31. The molecule has 1 N–H and O–H groups in total. The summed E-state index contributed by atoms with van der Waals surface area (Å²) in [4.78, 5) is 4.11. The molecule has 0 radical (unpaired) electrons. The Hall–Kier alpha value is -2.48. The highest BCUT2D eigenvalue weighted by molar-refractivity contribution is 5.59. The zero-order valence-corrected chi connectivity index (χ0v) is 10.2. The molecule has 0 saturated carbocycles. The van der Waals surface area contributed by atoms with Gasteiger partial charge in [-0.1, -0.05) is 0 Å². The van der Waals surface area contributed by atoms with Gasteiger partial charge in [-0.25, -0.2) is 0 Å². The molecule has 0 aliphatic rings. The molecule has 92 valence electrons. The number of nitriles is 1. The first-order valence-electron chi connectivity index (χ1n) is 5.60. The van der Waals surface area contributed by atoms with E-state index in [9.17, 15) is 0 Å². The molecule has 1 heterocycles. The lowest BCUT2D eigenvalue weighted by Crippen LogP contribution is -1.90. The molecule has 0 atom stereocenters. The molecular formula is C13H13N3O2. The zero-order valence-electron chi connectivity index (χ0n) is 10.2. The number of anilines is 1. The number of ether oxygens (including phenoxy) is 1. The van der Waals surface area contributed by atoms with Gasteiger partial charge in [0.1, 0.15) is 11.8 Å². The van der Waals surface area contributed by atoms with Crippen molar-refractivity contribution in [2.24, 2.45) is 0 Å². The molecule has 0 spiro atoms. The van der Waals surface area contributed by atoms with Crippen LogP contribution < -0.4 is 10.1 Å². The maximum absolute atomic E-state index is 8.89. The van der Waals surface area contributed by atoms with Crippen LogP contribution in [0.15, 0.2) is 28.7 Å². The molecule has 0 amide bonds. The third-order valence-electron chi connectivity index (χ3n) is 2.37. The van der Waals surface area contributed by atoms with Crippen LogP contribution in [0, 0.1) is 11.3 Å². The van der Waals surface area contributed by atoms with Crippen LogP contribution in [-0.2, 0) is 0 Å². The first kappa shape index (κ1) is 12.0. The predicted molar refractivity (Wildman–Crippen MR) is 67.4 cm³/mol. The molecule has 2 rings (SSSR count). The highest BCUT2D eigenvalue weighted by Crippen LogP contribution is 2.26. The summed E-state index contributed by atoms with van der Waals surface area (Å²) in [5, 5.41) is 11.7. The van der Waals surface area contributed by atoms with Crippen LogP contribution in [0.5, 0.6) is 5.75 Å². The predicted octanol–water partition coefficient (Wildman–Crippen LogP) is 2.65.